The van der Waals surface area contributed by atoms with Crippen molar-refractivity contribution >= 4 is 5.91 Å². The normalized spacial score (nSPS) is 12.5. The summed E-state index contributed by atoms with van der Waals surface area (Å²) in [6.45, 7) is 1.36. The number of hydrogen-bond acceptors (Lipinski definition) is 1. The predicted octanol–water partition coefficient (Wildman–Crippen LogP) is 1.55. The largest absolute Gasteiger partial charge is 0.369 e. The van der Waals surface area contributed by atoms with Crippen LogP contribution in [0.15, 0.2) is 18.2 Å². The van der Waals surface area contributed by atoms with Crippen LogP contribution < -0.4 is 5.73 Å². The summed E-state index contributed by atoms with van der Waals surface area (Å²) in [6.07, 6.45) is 0. The van der Waals surface area contributed by atoms with Crippen molar-refractivity contribution in [2.24, 2.45) is 5.73 Å². The second kappa shape index (κ2) is 3.51. The van der Waals surface area contributed by atoms with Gasteiger partial charge in [-0.25, -0.2) is 8.78 Å². The molecule has 0 heterocycles. The van der Waals surface area contributed by atoms with Crippen molar-refractivity contribution in [2.75, 3.05) is 0 Å². The van der Waals surface area contributed by atoms with Gasteiger partial charge < -0.3 is 5.73 Å². The van der Waals surface area contributed by atoms with Gasteiger partial charge in [0.05, 0.1) is 5.92 Å². The molecule has 0 fully saturated rings. The highest BCUT2D eigenvalue weighted by atomic mass is 19.1. The highest BCUT2D eigenvalue weighted by Gasteiger charge is 2.19. The van der Waals surface area contributed by atoms with Gasteiger partial charge in [0.2, 0.25) is 5.91 Å². The minimum Gasteiger partial charge on any atom is -0.369 e. The van der Waals surface area contributed by atoms with Crippen molar-refractivity contribution in [1.82, 2.24) is 0 Å². The smallest absolute Gasteiger partial charge is 0.224 e. The molecule has 1 aromatic rings. The van der Waals surface area contributed by atoms with Gasteiger partial charge in [0.1, 0.15) is 11.6 Å². The van der Waals surface area contributed by atoms with Crippen LogP contribution in [-0.4, -0.2) is 5.91 Å². The Labute approximate surface area is 74.4 Å². The van der Waals surface area contributed by atoms with E-state index in [1.807, 2.05) is 0 Å². The topological polar surface area (TPSA) is 43.1 Å². The molecular weight excluding hydrogens is 176 g/mol. The lowest BCUT2D eigenvalue weighted by Crippen LogP contribution is -2.20. The molecule has 1 amide bonds. The first-order valence-electron chi connectivity index (χ1n) is 3.77. The lowest BCUT2D eigenvalue weighted by Gasteiger charge is -2.09. The van der Waals surface area contributed by atoms with Crippen molar-refractivity contribution in [3.8, 4) is 0 Å². The Morgan fingerprint density at radius 1 is 1.38 bits per heavy atom. The van der Waals surface area contributed by atoms with Crippen molar-refractivity contribution < 1.29 is 13.6 Å². The highest BCUT2D eigenvalue weighted by molar-refractivity contribution is 5.81. The SMILES string of the molecule is CC(C(N)=O)c1c(F)cccc1F. The third kappa shape index (κ3) is 1.83. The Morgan fingerprint density at radius 2 is 1.85 bits per heavy atom. The fraction of sp³-hybridized carbons (Fsp3) is 0.222. The van der Waals surface area contributed by atoms with Crippen molar-refractivity contribution in [2.45, 2.75) is 12.8 Å². The monoisotopic (exact) mass is 185 g/mol. The molecule has 70 valence electrons. The number of rotatable bonds is 2. The van der Waals surface area contributed by atoms with E-state index in [2.05, 4.69) is 0 Å². The van der Waals surface area contributed by atoms with Gasteiger partial charge >= 0.3 is 0 Å². The predicted molar refractivity (Wildman–Crippen MR) is 44.0 cm³/mol. The van der Waals surface area contributed by atoms with Crippen LogP contribution in [0.4, 0.5) is 8.78 Å². The Kier molecular flexibility index (Phi) is 2.60. The number of halogens is 2. The zero-order valence-electron chi connectivity index (χ0n) is 7.05. The van der Waals surface area contributed by atoms with Crippen LogP contribution in [0.1, 0.15) is 18.4 Å². The van der Waals surface area contributed by atoms with Crippen LogP contribution in [0.5, 0.6) is 0 Å². The van der Waals surface area contributed by atoms with E-state index >= 15 is 0 Å². The van der Waals surface area contributed by atoms with Gasteiger partial charge in [-0.05, 0) is 19.1 Å². The van der Waals surface area contributed by atoms with E-state index in [4.69, 9.17) is 5.73 Å². The Morgan fingerprint density at radius 3 is 2.23 bits per heavy atom. The standard InChI is InChI=1S/C9H9F2NO/c1-5(9(12)13)8-6(10)3-2-4-7(8)11/h2-5H,1H3,(H2,12,13). The third-order valence-corrected chi connectivity index (χ3v) is 1.86. The van der Waals surface area contributed by atoms with E-state index in [1.165, 1.54) is 13.0 Å². The molecule has 0 aliphatic rings. The third-order valence-electron chi connectivity index (χ3n) is 1.86. The van der Waals surface area contributed by atoms with Gasteiger partial charge in [-0.3, -0.25) is 4.79 Å². The molecule has 2 N–H and O–H groups in total. The molecule has 1 atom stereocenters. The second-order valence-electron chi connectivity index (χ2n) is 2.76. The lowest BCUT2D eigenvalue weighted by molar-refractivity contribution is -0.119. The zero-order valence-corrected chi connectivity index (χ0v) is 7.05. The molecule has 0 bridgehead atoms. The highest BCUT2D eigenvalue weighted by Crippen LogP contribution is 2.21. The summed E-state index contributed by atoms with van der Waals surface area (Å²) in [7, 11) is 0. The molecule has 0 radical (unpaired) electrons. The van der Waals surface area contributed by atoms with E-state index in [0.29, 0.717) is 0 Å². The molecule has 1 rings (SSSR count). The van der Waals surface area contributed by atoms with E-state index in [9.17, 15) is 13.6 Å². The molecule has 13 heavy (non-hydrogen) atoms. The van der Waals surface area contributed by atoms with E-state index in [1.54, 1.807) is 0 Å². The Bertz CT molecular complexity index is 318. The fourth-order valence-corrected chi connectivity index (χ4v) is 1.07. The summed E-state index contributed by atoms with van der Waals surface area (Å²) >= 11 is 0. The zero-order chi connectivity index (χ0) is 10.0. The summed E-state index contributed by atoms with van der Waals surface area (Å²) in [5.74, 6) is -3.18. The first kappa shape index (κ1) is 9.64. The number of carbonyl (C=O) groups excluding carboxylic acids is 1. The molecule has 2 nitrogen and oxygen atoms in total. The van der Waals surface area contributed by atoms with Crippen molar-refractivity contribution in [1.29, 1.82) is 0 Å². The average Bonchev–Trinajstić information content (AvgIpc) is 2.03. The number of nitrogens with two attached hydrogens (primary N) is 1. The van der Waals surface area contributed by atoms with Gasteiger partial charge in [-0.15, -0.1) is 0 Å². The first-order valence-corrected chi connectivity index (χ1v) is 3.77. The summed E-state index contributed by atoms with van der Waals surface area (Å²) < 4.78 is 26.0. The quantitative estimate of drug-likeness (QED) is 0.746. The van der Waals surface area contributed by atoms with Gasteiger partial charge in [0.15, 0.2) is 0 Å². The molecule has 1 aromatic carbocycles. The molecule has 0 spiro atoms. The van der Waals surface area contributed by atoms with Gasteiger partial charge in [-0.2, -0.15) is 0 Å². The van der Waals surface area contributed by atoms with E-state index in [-0.39, 0.29) is 5.56 Å². The second-order valence-corrected chi connectivity index (χ2v) is 2.76. The molecule has 4 heteroatoms. The number of primary amides is 1. The van der Waals surface area contributed by atoms with Crippen LogP contribution in [0.25, 0.3) is 0 Å². The van der Waals surface area contributed by atoms with Crippen LogP contribution in [-0.2, 0) is 4.79 Å². The van der Waals surface area contributed by atoms with Crippen LogP contribution in [0, 0.1) is 11.6 Å². The summed E-state index contributed by atoms with van der Waals surface area (Å²) in [5.41, 5.74) is 4.66. The summed E-state index contributed by atoms with van der Waals surface area (Å²) in [6, 6.07) is 3.43. The Balaban J connectivity index is 3.20. The maximum Gasteiger partial charge on any atom is 0.224 e. The Hall–Kier alpha value is -1.45. The van der Waals surface area contributed by atoms with Gasteiger partial charge in [0.25, 0.3) is 0 Å². The molecule has 0 aliphatic heterocycles. The van der Waals surface area contributed by atoms with E-state index < -0.39 is 23.5 Å². The van der Waals surface area contributed by atoms with E-state index in [0.717, 1.165) is 12.1 Å². The molecule has 0 saturated carbocycles. The van der Waals surface area contributed by atoms with Gasteiger partial charge in [0, 0.05) is 5.56 Å². The molecule has 1 unspecified atom stereocenters. The average molecular weight is 185 g/mol. The van der Waals surface area contributed by atoms with Crippen LogP contribution in [0.2, 0.25) is 0 Å². The number of hydrogen-bond donors (Lipinski definition) is 1. The van der Waals surface area contributed by atoms with Crippen LogP contribution >= 0.6 is 0 Å². The lowest BCUT2D eigenvalue weighted by atomic mass is 9.99. The van der Waals surface area contributed by atoms with Gasteiger partial charge in [-0.1, -0.05) is 6.07 Å². The number of amides is 1. The molecule has 0 aliphatic carbocycles. The van der Waals surface area contributed by atoms with Crippen molar-refractivity contribution in [3.05, 3.63) is 35.4 Å². The summed E-state index contributed by atoms with van der Waals surface area (Å²) in [4.78, 5) is 10.7. The molecule has 0 saturated heterocycles. The first-order chi connectivity index (χ1) is 6.04. The maximum atomic E-state index is 13.0. The van der Waals surface area contributed by atoms with Crippen LogP contribution in [0.3, 0.4) is 0 Å². The molecule has 0 aromatic heterocycles. The number of carbonyl (C=O) groups is 1. The fourth-order valence-electron chi connectivity index (χ4n) is 1.07. The van der Waals surface area contributed by atoms with Crippen molar-refractivity contribution in [3.63, 3.8) is 0 Å². The minimum absolute atomic E-state index is 0.269. The summed E-state index contributed by atoms with van der Waals surface area (Å²) in [5, 5.41) is 0. The maximum absolute atomic E-state index is 13.0. The number of benzene rings is 1. The minimum atomic E-state index is -0.943. The molecular formula is C9H9F2NO.